The molecule has 0 heterocycles. The van der Waals surface area contributed by atoms with Crippen molar-refractivity contribution >= 4 is 34.8 Å². The number of carbonyl (C=O) groups is 1. The molecule has 3 N–H and O–H groups in total. The summed E-state index contributed by atoms with van der Waals surface area (Å²) in [6, 6.07) is 8.40. The largest absolute Gasteiger partial charge is 0.369 e. The molecule has 0 aliphatic heterocycles. The topological polar surface area (TPSA) is 58.4 Å². The number of nitrogens with zero attached hydrogens (tertiary/aromatic N) is 1. The summed E-state index contributed by atoms with van der Waals surface area (Å²) in [4.78, 5) is 13.8. The third-order valence-electron chi connectivity index (χ3n) is 3.58. The maximum atomic E-state index is 11.6. The number of halogens is 2. The van der Waals surface area contributed by atoms with Gasteiger partial charge < -0.3 is 16.0 Å². The van der Waals surface area contributed by atoms with Crippen LogP contribution in [-0.4, -0.2) is 43.8 Å². The van der Waals surface area contributed by atoms with Crippen molar-refractivity contribution in [3.05, 3.63) is 29.8 Å². The average molecular weight is 360 g/mol. The van der Waals surface area contributed by atoms with Crippen LogP contribution in [0.2, 0.25) is 0 Å². The zero-order chi connectivity index (χ0) is 16.9. The van der Waals surface area contributed by atoms with Crippen molar-refractivity contribution in [2.24, 2.45) is 5.73 Å². The van der Waals surface area contributed by atoms with Crippen LogP contribution in [0.4, 0.5) is 5.69 Å². The molecule has 1 rings (SSSR count). The van der Waals surface area contributed by atoms with E-state index < -0.39 is 0 Å². The Balaban J connectivity index is 2.37. The third-order valence-corrected chi connectivity index (χ3v) is 3.92. The Morgan fingerprint density at radius 1 is 1.09 bits per heavy atom. The van der Waals surface area contributed by atoms with Crippen LogP contribution in [0.5, 0.6) is 0 Å². The Labute approximate surface area is 149 Å². The zero-order valence-electron chi connectivity index (χ0n) is 13.6. The van der Waals surface area contributed by atoms with E-state index in [1.165, 1.54) is 5.56 Å². The molecule has 0 saturated carbocycles. The molecule has 23 heavy (non-hydrogen) atoms. The van der Waals surface area contributed by atoms with E-state index >= 15 is 0 Å². The van der Waals surface area contributed by atoms with Crippen molar-refractivity contribution in [2.75, 3.05) is 42.8 Å². The van der Waals surface area contributed by atoms with Crippen molar-refractivity contribution < 1.29 is 4.79 Å². The number of anilines is 1. The van der Waals surface area contributed by atoms with Gasteiger partial charge in [-0.25, -0.2) is 0 Å². The molecule has 1 aromatic rings. The molecule has 0 bridgehead atoms. The second-order valence-electron chi connectivity index (χ2n) is 5.38. The van der Waals surface area contributed by atoms with Gasteiger partial charge in [0.25, 0.3) is 0 Å². The van der Waals surface area contributed by atoms with Crippen LogP contribution >= 0.6 is 23.2 Å². The first-order valence-electron chi connectivity index (χ1n) is 8.13. The van der Waals surface area contributed by atoms with Gasteiger partial charge >= 0.3 is 0 Å². The summed E-state index contributed by atoms with van der Waals surface area (Å²) >= 11 is 11.7. The fourth-order valence-corrected chi connectivity index (χ4v) is 2.73. The molecule has 0 saturated heterocycles. The lowest BCUT2D eigenvalue weighted by atomic mass is 10.1. The number of nitrogens with one attached hydrogen (secondary N) is 1. The number of benzene rings is 1. The van der Waals surface area contributed by atoms with E-state index in [1.54, 1.807) is 0 Å². The van der Waals surface area contributed by atoms with E-state index in [1.807, 2.05) is 0 Å². The molecule has 0 unspecified atom stereocenters. The second kappa shape index (κ2) is 12.5. The summed E-state index contributed by atoms with van der Waals surface area (Å²) in [5, 5.41) is 2.87. The fourth-order valence-electron chi connectivity index (χ4n) is 2.32. The van der Waals surface area contributed by atoms with Gasteiger partial charge in [0.15, 0.2) is 0 Å². The Morgan fingerprint density at radius 2 is 1.74 bits per heavy atom. The van der Waals surface area contributed by atoms with Crippen LogP contribution in [0.1, 0.15) is 24.8 Å². The summed E-state index contributed by atoms with van der Waals surface area (Å²) in [6.45, 7) is 2.85. The minimum absolute atomic E-state index is 0.102. The Morgan fingerprint density at radius 3 is 2.30 bits per heavy atom. The molecule has 0 spiro atoms. The third kappa shape index (κ3) is 8.45. The smallest absolute Gasteiger partial charge is 0.220 e. The van der Waals surface area contributed by atoms with Crippen LogP contribution in [0.3, 0.4) is 0 Å². The van der Waals surface area contributed by atoms with Gasteiger partial charge in [0.2, 0.25) is 5.91 Å². The normalized spacial score (nSPS) is 10.6. The minimum Gasteiger partial charge on any atom is -0.369 e. The monoisotopic (exact) mass is 359 g/mol. The molecule has 0 radical (unpaired) electrons. The first-order valence-corrected chi connectivity index (χ1v) is 9.20. The average Bonchev–Trinajstić information content (AvgIpc) is 2.56. The van der Waals surface area contributed by atoms with Crippen LogP contribution in [0.15, 0.2) is 24.3 Å². The molecule has 4 nitrogen and oxygen atoms in total. The molecule has 0 atom stereocenters. The van der Waals surface area contributed by atoms with Crippen molar-refractivity contribution in [2.45, 2.75) is 25.7 Å². The molecule has 1 amide bonds. The highest BCUT2D eigenvalue weighted by Crippen LogP contribution is 2.16. The van der Waals surface area contributed by atoms with Gasteiger partial charge in [-0.05, 0) is 43.5 Å². The van der Waals surface area contributed by atoms with Gasteiger partial charge in [0.1, 0.15) is 0 Å². The molecule has 6 heteroatoms. The number of amides is 1. The number of carbonyl (C=O) groups excluding carboxylic acids is 1. The summed E-state index contributed by atoms with van der Waals surface area (Å²) in [7, 11) is 0. The summed E-state index contributed by atoms with van der Waals surface area (Å²) in [6.07, 6.45) is 3.13. The fraction of sp³-hybridized carbons (Fsp3) is 0.588. The van der Waals surface area contributed by atoms with E-state index in [-0.39, 0.29) is 5.91 Å². The maximum absolute atomic E-state index is 11.6. The van der Waals surface area contributed by atoms with Gasteiger partial charge in [0, 0.05) is 43.5 Å². The molecule has 0 fully saturated rings. The van der Waals surface area contributed by atoms with Crippen LogP contribution in [0.25, 0.3) is 0 Å². The van der Waals surface area contributed by atoms with Crippen molar-refractivity contribution in [1.82, 2.24) is 5.32 Å². The molecule has 0 aliphatic carbocycles. The van der Waals surface area contributed by atoms with E-state index in [2.05, 4.69) is 34.5 Å². The Hall–Kier alpha value is -0.970. The lowest BCUT2D eigenvalue weighted by Gasteiger charge is -2.23. The van der Waals surface area contributed by atoms with E-state index in [4.69, 9.17) is 28.9 Å². The predicted octanol–water partition coefficient (Wildman–Crippen LogP) is 2.76. The van der Waals surface area contributed by atoms with Gasteiger partial charge in [0.05, 0.1) is 0 Å². The highest BCUT2D eigenvalue weighted by molar-refractivity contribution is 6.18. The SMILES string of the molecule is NCCCNC(=O)CCCc1ccc(N(CCCl)CCCl)cc1. The van der Waals surface area contributed by atoms with Gasteiger partial charge in [-0.15, -0.1) is 23.2 Å². The highest BCUT2D eigenvalue weighted by Gasteiger charge is 2.06. The lowest BCUT2D eigenvalue weighted by Crippen LogP contribution is -2.27. The second-order valence-corrected chi connectivity index (χ2v) is 6.13. The van der Waals surface area contributed by atoms with Gasteiger partial charge in [-0.1, -0.05) is 12.1 Å². The molecule has 1 aromatic carbocycles. The molecule has 0 aromatic heterocycles. The summed E-state index contributed by atoms with van der Waals surface area (Å²) < 4.78 is 0. The molecule has 0 aliphatic rings. The summed E-state index contributed by atoms with van der Waals surface area (Å²) in [5.41, 5.74) is 7.76. The van der Waals surface area contributed by atoms with E-state index in [9.17, 15) is 4.79 Å². The maximum Gasteiger partial charge on any atom is 0.220 e. The van der Waals surface area contributed by atoms with Crippen molar-refractivity contribution in [1.29, 1.82) is 0 Å². The number of hydrogen-bond acceptors (Lipinski definition) is 3. The van der Waals surface area contributed by atoms with Crippen LogP contribution < -0.4 is 16.0 Å². The van der Waals surface area contributed by atoms with Crippen LogP contribution in [-0.2, 0) is 11.2 Å². The van der Waals surface area contributed by atoms with Gasteiger partial charge in [-0.3, -0.25) is 4.79 Å². The van der Waals surface area contributed by atoms with E-state index in [0.717, 1.165) is 38.0 Å². The Kier molecular flexibility index (Phi) is 10.9. The minimum atomic E-state index is 0.102. The number of alkyl halides is 2. The lowest BCUT2D eigenvalue weighted by molar-refractivity contribution is -0.121. The van der Waals surface area contributed by atoms with Crippen molar-refractivity contribution in [3.63, 3.8) is 0 Å². The number of hydrogen-bond donors (Lipinski definition) is 2. The van der Waals surface area contributed by atoms with Crippen LogP contribution in [0, 0.1) is 0 Å². The summed E-state index contributed by atoms with van der Waals surface area (Å²) in [5.74, 6) is 1.26. The Bertz CT molecular complexity index is 434. The molecular weight excluding hydrogens is 333 g/mol. The van der Waals surface area contributed by atoms with Gasteiger partial charge in [-0.2, -0.15) is 0 Å². The first kappa shape index (κ1) is 20.1. The molecular formula is C17H27Cl2N3O. The quantitative estimate of drug-likeness (QED) is 0.445. The zero-order valence-corrected chi connectivity index (χ0v) is 15.1. The predicted molar refractivity (Wildman–Crippen MR) is 99.7 cm³/mol. The first-order chi connectivity index (χ1) is 11.2. The number of nitrogens with two attached hydrogens (primary N) is 1. The number of aryl methyl sites for hydroxylation is 1. The number of rotatable bonds is 12. The van der Waals surface area contributed by atoms with E-state index in [0.29, 0.717) is 31.3 Å². The van der Waals surface area contributed by atoms with Crippen molar-refractivity contribution in [3.8, 4) is 0 Å². The standard InChI is InChI=1S/C17H27Cl2N3O/c18-9-13-22(14-10-19)16-7-5-15(6-8-16)3-1-4-17(23)21-12-2-11-20/h5-8H,1-4,9-14,20H2,(H,21,23). The molecule has 130 valence electrons. The highest BCUT2D eigenvalue weighted by atomic mass is 35.5.